The van der Waals surface area contributed by atoms with E-state index in [0.717, 1.165) is 17.5 Å². The van der Waals surface area contributed by atoms with Gasteiger partial charge in [-0.25, -0.2) is 0 Å². The van der Waals surface area contributed by atoms with Gasteiger partial charge in [0.2, 0.25) is 0 Å². The summed E-state index contributed by atoms with van der Waals surface area (Å²) in [6, 6.07) is 6.46. The van der Waals surface area contributed by atoms with Gasteiger partial charge in [0.15, 0.2) is 0 Å². The van der Waals surface area contributed by atoms with Crippen LogP contribution < -0.4 is 0 Å². The predicted molar refractivity (Wildman–Crippen MR) is 73.3 cm³/mol. The molecule has 19 heavy (non-hydrogen) atoms. The maximum Gasteiger partial charge on any atom is 0.269 e. The summed E-state index contributed by atoms with van der Waals surface area (Å²) in [5.41, 5.74) is 2.05. The topological polar surface area (TPSA) is 61.0 Å². The van der Waals surface area contributed by atoms with Crippen molar-refractivity contribution in [1.29, 1.82) is 0 Å². The van der Waals surface area contributed by atoms with Crippen molar-refractivity contribution in [2.45, 2.75) is 25.3 Å². The van der Waals surface area contributed by atoms with Crippen molar-refractivity contribution >= 4 is 17.3 Å². The molecule has 0 aliphatic rings. The van der Waals surface area contributed by atoms with E-state index in [4.69, 9.17) is 11.6 Å². The summed E-state index contributed by atoms with van der Waals surface area (Å²) < 4.78 is 1.78. The molecular formula is C13H14ClN3O2. The van der Waals surface area contributed by atoms with E-state index < -0.39 is 4.92 Å². The number of hydrogen-bond donors (Lipinski definition) is 0. The minimum atomic E-state index is -0.408. The van der Waals surface area contributed by atoms with Crippen LogP contribution in [0.1, 0.15) is 29.8 Å². The highest BCUT2D eigenvalue weighted by Crippen LogP contribution is 2.23. The summed E-state index contributed by atoms with van der Waals surface area (Å²) in [6.45, 7) is 2.59. The Kier molecular flexibility index (Phi) is 4.16. The minimum absolute atomic E-state index is 0.0226. The molecule has 0 fully saturated rings. The monoisotopic (exact) mass is 279 g/mol. The Bertz CT molecular complexity index is 566. The first-order valence-corrected chi connectivity index (χ1v) is 6.43. The SMILES string of the molecule is CCC(Cl)c1cnn(Cc2ccc([N+](=O)[O-])cc2)c1. The molecule has 0 aliphatic heterocycles. The highest BCUT2D eigenvalue weighted by molar-refractivity contribution is 6.20. The lowest BCUT2D eigenvalue weighted by Crippen LogP contribution is -2.00. The van der Waals surface area contributed by atoms with Crippen LogP contribution in [-0.4, -0.2) is 14.7 Å². The van der Waals surface area contributed by atoms with Gasteiger partial charge in [0.1, 0.15) is 0 Å². The van der Waals surface area contributed by atoms with Crippen LogP contribution in [-0.2, 0) is 6.54 Å². The van der Waals surface area contributed by atoms with Crippen LogP contribution in [0, 0.1) is 10.1 Å². The fraction of sp³-hybridized carbons (Fsp3) is 0.308. The Morgan fingerprint density at radius 2 is 2.11 bits per heavy atom. The quantitative estimate of drug-likeness (QED) is 0.478. The smallest absolute Gasteiger partial charge is 0.268 e. The molecule has 0 bridgehead atoms. The number of nitrogens with zero attached hydrogens (tertiary/aromatic N) is 3. The lowest BCUT2D eigenvalue weighted by molar-refractivity contribution is -0.384. The number of rotatable bonds is 5. The number of non-ortho nitro benzene ring substituents is 1. The normalized spacial score (nSPS) is 12.3. The Balaban J connectivity index is 2.08. The molecule has 1 atom stereocenters. The molecule has 0 aliphatic carbocycles. The van der Waals surface area contributed by atoms with Crippen LogP contribution in [0.25, 0.3) is 0 Å². The third-order valence-electron chi connectivity index (χ3n) is 2.87. The summed E-state index contributed by atoms with van der Waals surface area (Å²) in [4.78, 5) is 10.1. The number of alkyl halides is 1. The first kappa shape index (κ1) is 13.5. The van der Waals surface area contributed by atoms with Crippen molar-refractivity contribution < 1.29 is 4.92 Å². The zero-order valence-electron chi connectivity index (χ0n) is 10.5. The molecule has 1 unspecified atom stereocenters. The number of nitro benzene ring substituents is 1. The van der Waals surface area contributed by atoms with E-state index in [0.29, 0.717) is 6.54 Å². The van der Waals surface area contributed by atoms with E-state index >= 15 is 0 Å². The third-order valence-corrected chi connectivity index (χ3v) is 3.43. The van der Waals surface area contributed by atoms with Crippen molar-refractivity contribution in [3.8, 4) is 0 Å². The minimum Gasteiger partial charge on any atom is -0.268 e. The van der Waals surface area contributed by atoms with Gasteiger partial charge < -0.3 is 0 Å². The fourth-order valence-corrected chi connectivity index (χ4v) is 1.89. The molecular weight excluding hydrogens is 266 g/mol. The van der Waals surface area contributed by atoms with Crippen LogP contribution in [0.5, 0.6) is 0 Å². The largest absolute Gasteiger partial charge is 0.269 e. The Labute approximate surface area is 116 Å². The first-order chi connectivity index (χ1) is 9.10. The zero-order valence-corrected chi connectivity index (χ0v) is 11.2. The number of benzene rings is 1. The number of nitro groups is 1. The molecule has 0 N–H and O–H groups in total. The first-order valence-electron chi connectivity index (χ1n) is 6.00. The average molecular weight is 280 g/mol. The van der Waals surface area contributed by atoms with Gasteiger partial charge in [0, 0.05) is 23.9 Å². The Morgan fingerprint density at radius 3 is 2.68 bits per heavy atom. The standard InChI is InChI=1S/C13H14ClN3O2/c1-2-13(14)11-7-15-16(9-11)8-10-3-5-12(6-4-10)17(18)19/h3-7,9,13H,2,8H2,1H3. The summed E-state index contributed by atoms with van der Waals surface area (Å²) in [5, 5.41) is 14.8. The van der Waals surface area contributed by atoms with Gasteiger partial charge in [-0.15, -0.1) is 11.6 Å². The number of halogens is 1. The van der Waals surface area contributed by atoms with Crippen LogP contribution in [0.2, 0.25) is 0 Å². The fourth-order valence-electron chi connectivity index (χ4n) is 1.77. The molecule has 6 heteroatoms. The molecule has 1 aromatic carbocycles. The third kappa shape index (κ3) is 3.32. The Morgan fingerprint density at radius 1 is 1.42 bits per heavy atom. The molecule has 2 aromatic rings. The van der Waals surface area contributed by atoms with Crippen LogP contribution in [0.4, 0.5) is 5.69 Å². The van der Waals surface area contributed by atoms with E-state index in [1.54, 1.807) is 23.0 Å². The van der Waals surface area contributed by atoms with Crippen LogP contribution in [0.15, 0.2) is 36.7 Å². The number of hydrogen-bond acceptors (Lipinski definition) is 3. The van der Waals surface area contributed by atoms with E-state index in [1.807, 2.05) is 13.1 Å². The van der Waals surface area contributed by atoms with Gasteiger partial charge >= 0.3 is 0 Å². The van der Waals surface area contributed by atoms with Gasteiger partial charge in [-0.3, -0.25) is 14.8 Å². The summed E-state index contributed by atoms with van der Waals surface area (Å²) in [7, 11) is 0. The highest BCUT2D eigenvalue weighted by atomic mass is 35.5. The molecule has 1 aromatic heterocycles. The van der Waals surface area contributed by atoms with Gasteiger partial charge in [-0.2, -0.15) is 5.10 Å². The molecule has 1 heterocycles. The lowest BCUT2D eigenvalue weighted by atomic mass is 10.2. The molecule has 5 nitrogen and oxygen atoms in total. The van der Waals surface area contributed by atoms with Gasteiger partial charge in [-0.05, 0) is 12.0 Å². The zero-order chi connectivity index (χ0) is 13.8. The van der Waals surface area contributed by atoms with Gasteiger partial charge in [-0.1, -0.05) is 19.1 Å². The van der Waals surface area contributed by atoms with Crippen LogP contribution >= 0.6 is 11.6 Å². The highest BCUT2D eigenvalue weighted by Gasteiger charge is 2.09. The molecule has 0 spiro atoms. The van der Waals surface area contributed by atoms with Gasteiger partial charge in [0.25, 0.3) is 5.69 Å². The molecule has 2 rings (SSSR count). The molecule has 0 saturated heterocycles. The van der Waals surface area contributed by atoms with Crippen LogP contribution in [0.3, 0.4) is 0 Å². The molecule has 0 saturated carbocycles. The molecule has 0 radical (unpaired) electrons. The predicted octanol–water partition coefficient (Wildman–Crippen LogP) is 3.53. The van der Waals surface area contributed by atoms with Crippen molar-refractivity contribution in [3.63, 3.8) is 0 Å². The second-order valence-corrected chi connectivity index (χ2v) is 4.80. The summed E-state index contributed by atoms with van der Waals surface area (Å²) >= 11 is 6.13. The second-order valence-electron chi connectivity index (χ2n) is 4.27. The average Bonchev–Trinajstić information content (AvgIpc) is 2.87. The van der Waals surface area contributed by atoms with Crippen molar-refractivity contribution in [2.75, 3.05) is 0 Å². The Hall–Kier alpha value is -1.88. The number of aromatic nitrogens is 2. The maximum atomic E-state index is 10.6. The van der Waals surface area contributed by atoms with E-state index in [2.05, 4.69) is 5.10 Å². The van der Waals surface area contributed by atoms with Crippen molar-refractivity contribution in [3.05, 3.63) is 57.9 Å². The van der Waals surface area contributed by atoms with E-state index in [9.17, 15) is 10.1 Å². The maximum absolute atomic E-state index is 10.6. The van der Waals surface area contributed by atoms with E-state index in [1.165, 1.54) is 12.1 Å². The lowest BCUT2D eigenvalue weighted by Gasteiger charge is -2.03. The molecule has 0 amide bonds. The summed E-state index contributed by atoms with van der Waals surface area (Å²) in [6.07, 6.45) is 4.51. The summed E-state index contributed by atoms with van der Waals surface area (Å²) in [5.74, 6) is 0. The van der Waals surface area contributed by atoms with E-state index in [-0.39, 0.29) is 11.1 Å². The van der Waals surface area contributed by atoms with Gasteiger partial charge in [0.05, 0.1) is 23.0 Å². The van der Waals surface area contributed by atoms with Crippen molar-refractivity contribution in [1.82, 2.24) is 9.78 Å². The second kappa shape index (κ2) is 5.84. The van der Waals surface area contributed by atoms with Crippen molar-refractivity contribution in [2.24, 2.45) is 0 Å². The molecule has 100 valence electrons.